The van der Waals surface area contributed by atoms with E-state index in [0.717, 1.165) is 4.90 Å². The molecule has 0 saturated heterocycles. The third-order valence-electron chi connectivity index (χ3n) is 3.53. The average molecular weight is 307 g/mol. The van der Waals surface area contributed by atoms with Gasteiger partial charge in [-0.1, -0.05) is 25.5 Å². The van der Waals surface area contributed by atoms with Crippen molar-refractivity contribution in [3.63, 3.8) is 0 Å². The van der Waals surface area contributed by atoms with Crippen LogP contribution >= 0.6 is 0 Å². The number of carboxylic acid groups (broad SMARTS) is 1. The van der Waals surface area contributed by atoms with Gasteiger partial charge in [0.15, 0.2) is 0 Å². The molecule has 0 radical (unpaired) electrons. The van der Waals surface area contributed by atoms with Gasteiger partial charge in [0.2, 0.25) is 5.91 Å². The number of aliphatic carboxylic acids is 1. The van der Waals surface area contributed by atoms with E-state index in [1.54, 1.807) is 12.2 Å². The Morgan fingerprint density at radius 2 is 1.81 bits per heavy atom. The number of hydrogen-bond donors (Lipinski definition) is 1. The smallest absolute Gasteiger partial charge is 0.406 e. The second-order valence-corrected chi connectivity index (χ2v) is 5.22. The van der Waals surface area contributed by atoms with Crippen molar-refractivity contribution in [2.24, 2.45) is 11.8 Å². The molecular weight excluding hydrogens is 287 g/mol. The summed E-state index contributed by atoms with van der Waals surface area (Å²) in [5.74, 6) is -3.70. The van der Waals surface area contributed by atoms with Gasteiger partial charge in [0.05, 0.1) is 11.8 Å². The zero-order chi connectivity index (χ0) is 16.0. The SMILES string of the molecule is CCCCN(CC(F)(F)F)C(=O)[C@@H]1CC=CC[C@@H]1C(=O)O. The van der Waals surface area contributed by atoms with Crippen molar-refractivity contribution in [2.45, 2.75) is 38.8 Å². The molecule has 0 saturated carbocycles. The molecule has 0 aromatic rings. The van der Waals surface area contributed by atoms with Gasteiger partial charge in [0, 0.05) is 6.54 Å². The summed E-state index contributed by atoms with van der Waals surface area (Å²) in [6.45, 7) is 0.499. The summed E-state index contributed by atoms with van der Waals surface area (Å²) < 4.78 is 37.8. The molecule has 1 N–H and O–H groups in total. The Morgan fingerprint density at radius 3 is 2.29 bits per heavy atom. The van der Waals surface area contributed by atoms with Gasteiger partial charge in [-0.25, -0.2) is 0 Å². The van der Waals surface area contributed by atoms with Crippen LogP contribution in [0, 0.1) is 11.8 Å². The van der Waals surface area contributed by atoms with E-state index in [9.17, 15) is 22.8 Å². The Kier molecular flexibility index (Phi) is 6.23. The van der Waals surface area contributed by atoms with Gasteiger partial charge in [-0.2, -0.15) is 13.2 Å². The highest BCUT2D eigenvalue weighted by molar-refractivity contribution is 5.85. The third kappa shape index (κ3) is 5.40. The fraction of sp³-hybridized carbons (Fsp3) is 0.714. The molecule has 1 amide bonds. The largest absolute Gasteiger partial charge is 0.481 e. The monoisotopic (exact) mass is 307 g/mol. The topological polar surface area (TPSA) is 57.6 Å². The van der Waals surface area contributed by atoms with Crippen molar-refractivity contribution in [1.29, 1.82) is 0 Å². The van der Waals surface area contributed by atoms with Gasteiger partial charge in [0.1, 0.15) is 6.54 Å². The molecule has 0 heterocycles. The van der Waals surface area contributed by atoms with Crippen LogP contribution in [0.2, 0.25) is 0 Å². The highest BCUT2D eigenvalue weighted by atomic mass is 19.4. The van der Waals surface area contributed by atoms with E-state index < -0.39 is 36.4 Å². The number of allylic oxidation sites excluding steroid dienone is 2. The second kappa shape index (κ2) is 7.47. The number of hydrogen-bond acceptors (Lipinski definition) is 2. The molecule has 7 heteroatoms. The molecule has 1 rings (SSSR count). The summed E-state index contributed by atoms with van der Waals surface area (Å²) in [5, 5.41) is 9.12. The van der Waals surface area contributed by atoms with E-state index in [2.05, 4.69) is 0 Å². The third-order valence-corrected chi connectivity index (χ3v) is 3.53. The number of amides is 1. The summed E-state index contributed by atoms with van der Waals surface area (Å²) in [5.41, 5.74) is 0. The van der Waals surface area contributed by atoms with Crippen LogP contribution in [0.5, 0.6) is 0 Å². The van der Waals surface area contributed by atoms with Crippen LogP contribution in [0.25, 0.3) is 0 Å². The molecule has 21 heavy (non-hydrogen) atoms. The number of carbonyl (C=O) groups is 2. The van der Waals surface area contributed by atoms with Crippen LogP contribution in [0.3, 0.4) is 0 Å². The van der Waals surface area contributed by atoms with Crippen LogP contribution < -0.4 is 0 Å². The zero-order valence-corrected chi connectivity index (χ0v) is 11.9. The van der Waals surface area contributed by atoms with Crippen LogP contribution in [-0.4, -0.2) is 41.1 Å². The predicted molar refractivity (Wildman–Crippen MR) is 70.5 cm³/mol. The summed E-state index contributed by atoms with van der Waals surface area (Å²) in [6.07, 6.45) is 0.315. The summed E-state index contributed by atoms with van der Waals surface area (Å²) in [6, 6.07) is 0. The van der Waals surface area contributed by atoms with Crippen molar-refractivity contribution in [3.8, 4) is 0 Å². The van der Waals surface area contributed by atoms with Crippen molar-refractivity contribution in [3.05, 3.63) is 12.2 Å². The maximum Gasteiger partial charge on any atom is 0.406 e. The molecular formula is C14H20F3NO3. The first-order valence-electron chi connectivity index (χ1n) is 6.99. The number of nitrogens with zero attached hydrogens (tertiary/aromatic N) is 1. The molecule has 1 aliphatic rings. The van der Waals surface area contributed by atoms with E-state index >= 15 is 0 Å². The molecule has 0 unspecified atom stereocenters. The van der Waals surface area contributed by atoms with E-state index in [-0.39, 0.29) is 19.4 Å². The van der Waals surface area contributed by atoms with Gasteiger partial charge < -0.3 is 10.0 Å². The molecule has 0 fully saturated rings. The Morgan fingerprint density at radius 1 is 1.24 bits per heavy atom. The number of unbranched alkanes of at least 4 members (excludes halogenated alkanes) is 1. The maximum absolute atomic E-state index is 12.6. The molecule has 120 valence electrons. The molecule has 2 atom stereocenters. The minimum Gasteiger partial charge on any atom is -0.481 e. The van der Waals surface area contributed by atoms with Crippen LogP contribution in [0.1, 0.15) is 32.6 Å². The summed E-state index contributed by atoms with van der Waals surface area (Å²) in [7, 11) is 0. The summed E-state index contributed by atoms with van der Waals surface area (Å²) >= 11 is 0. The average Bonchev–Trinajstić information content (AvgIpc) is 2.41. The van der Waals surface area contributed by atoms with E-state index in [1.807, 2.05) is 6.92 Å². The van der Waals surface area contributed by atoms with E-state index in [4.69, 9.17) is 5.11 Å². The van der Waals surface area contributed by atoms with Gasteiger partial charge >= 0.3 is 12.1 Å². The van der Waals surface area contributed by atoms with Gasteiger partial charge in [-0.15, -0.1) is 0 Å². The quantitative estimate of drug-likeness (QED) is 0.768. The fourth-order valence-electron chi connectivity index (χ4n) is 2.43. The molecule has 0 aromatic carbocycles. The number of carbonyl (C=O) groups excluding carboxylic acids is 1. The molecule has 1 aliphatic carbocycles. The molecule has 4 nitrogen and oxygen atoms in total. The highest BCUT2D eigenvalue weighted by Gasteiger charge is 2.39. The Labute approximate surface area is 121 Å². The van der Waals surface area contributed by atoms with Crippen molar-refractivity contribution in [2.75, 3.05) is 13.1 Å². The first kappa shape index (κ1) is 17.5. The number of rotatable bonds is 6. The lowest BCUT2D eigenvalue weighted by atomic mass is 9.82. The highest BCUT2D eigenvalue weighted by Crippen LogP contribution is 2.29. The van der Waals surface area contributed by atoms with Crippen molar-refractivity contribution < 1.29 is 27.9 Å². The fourth-order valence-corrected chi connectivity index (χ4v) is 2.43. The molecule has 0 aromatic heterocycles. The number of halogens is 3. The lowest BCUT2D eigenvalue weighted by Gasteiger charge is -2.31. The lowest BCUT2D eigenvalue weighted by molar-refractivity contribution is -0.167. The van der Waals surface area contributed by atoms with Gasteiger partial charge in [-0.05, 0) is 19.3 Å². The van der Waals surface area contributed by atoms with E-state index in [0.29, 0.717) is 12.8 Å². The lowest BCUT2D eigenvalue weighted by Crippen LogP contribution is -2.46. The Bertz CT molecular complexity index is 407. The Balaban J connectivity index is 2.86. The van der Waals surface area contributed by atoms with Crippen LogP contribution in [-0.2, 0) is 9.59 Å². The minimum atomic E-state index is -4.48. The van der Waals surface area contributed by atoms with Gasteiger partial charge in [-0.3, -0.25) is 9.59 Å². The first-order chi connectivity index (χ1) is 9.76. The molecule has 0 aliphatic heterocycles. The Hall–Kier alpha value is -1.53. The van der Waals surface area contributed by atoms with Gasteiger partial charge in [0.25, 0.3) is 0 Å². The van der Waals surface area contributed by atoms with Crippen molar-refractivity contribution >= 4 is 11.9 Å². The minimum absolute atomic E-state index is 0.00139. The second-order valence-electron chi connectivity index (χ2n) is 5.22. The molecule has 0 spiro atoms. The predicted octanol–water partition coefficient (Wildman–Crippen LogP) is 2.84. The van der Waals surface area contributed by atoms with Crippen molar-refractivity contribution in [1.82, 2.24) is 4.90 Å². The molecule has 0 bridgehead atoms. The van der Waals surface area contributed by atoms with Crippen LogP contribution in [0.4, 0.5) is 13.2 Å². The van der Waals surface area contributed by atoms with Crippen LogP contribution in [0.15, 0.2) is 12.2 Å². The zero-order valence-electron chi connectivity index (χ0n) is 11.9. The van der Waals surface area contributed by atoms with E-state index in [1.165, 1.54) is 0 Å². The normalized spacial score (nSPS) is 22.1. The maximum atomic E-state index is 12.6. The number of alkyl halides is 3. The first-order valence-corrected chi connectivity index (χ1v) is 6.99. The number of carboxylic acids is 1. The summed E-state index contributed by atoms with van der Waals surface area (Å²) in [4.78, 5) is 24.2. The standard InChI is InChI=1S/C14H20F3NO3/c1-2-3-8-18(9-14(15,16)17)12(19)10-6-4-5-7-11(10)13(20)21/h4-5,10-11H,2-3,6-9H2,1H3,(H,20,21)/t10-,11+/m1/s1.